The molecule has 1 saturated carbocycles. The van der Waals surface area contributed by atoms with E-state index in [0.29, 0.717) is 0 Å². The quantitative estimate of drug-likeness (QED) is 0.501. The summed E-state index contributed by atoms with van der Waals surface area (Å²) in [6.45, 7) is 0. The SMILES string of the molecule is COC(OC)(OC)C1C2C=CC(C2)C1C(OC)(OC)OC. The van der Waals surface area contributed by atoms with Gasteiger partial charge >= 0.3 is 0 Å². The van der Waals surface area contributed by atoms with Crippen LogP contribution in [0.4, 0.5) is 0 Å². The van der Waals surface area contributed by atoms with E-state index in [0.717, 1.165) is 6.42 Å². The largest absolute Gasteiger partial charge is 0.331 e. The van der Waals surface area contributed by atoms with Gasteiger partial charge in [-0.25, -0.2) is 0 Å². The highest BCUT2D eigenvalue weighted by atomic mass is 16.9. The topological polar surface area (TPSA) is 55.4 Å². The molecule has 0 aromatic carbocycles. The molecule has 0 amide bonds. The van der Waals surface area contributed by atoms with Crippen molar-refractivity contribution < 1.29 is 28.4 Å². The third-order valence-corrected chi connectivity index (χ3v) is 4.98. The molecule has 2 aliphatic rings. The smallest absolute Gasteiger partial charge is 0.286 e. The molecule has 21 heavy (non-hydrogen) atoms. The summed E-state index contributed by atoms with van der Waals surface area (Å²) < 4.78 is 33.5. The molecule has 0 aromatic heterocycles. The molecule has 0 spiro atoms. The maximum absolute atomic E-state index is 5.59. The zero-order valence-corrected chi connectivity index (χ0v) is 13.6. The van der Waals surface area contributed by atoms with Gasteiger partial charge in [0.1, 0.15) is 0 Å². The fourth-order valence-corrected chi connectivity index (χ4v) is 4.10. The lowest BCUT2D eigenvalue weighted by molar-refractivity contribution is -0.433. The summed E-state index contributed by atoms with van der Waals surface area (Å²) in [5.74, 6) is -2.00. The Hall–Kier alpha value is -0.500. The Bertz CT molecular complexity index is 324. The predicted molar refractivity (Wildman–Crippen MR) is 75.2 cm³/mol. The fraction of sp³-hybridized carbons (Fsp3) is 0.867. The van der Waals surface area contributed by atoms with Crippen LogP contribution < -0.4 is 0 Å². The van der Waals surface area contributed by atoms with Gasteiger partial charge in [-0.2, -0.15) is 0 Å². The van der Waals surface area contributed by atoms with Crippen molar-refractivity contribution in [2.45, 2.75) is 18.4 Å². The van der Waals surface area contributed by atoms with E-state index in [1.807, 2.05) is 0 Å². The van der Waals surface area contributed by atoms with Gasteiger partial charge in [0.15, 0.2) is 0 Å². The second-order valence-electron chi connectivity index (χ2n) is 5.43. The molecule has 0 heterocycles. The predicted octanol–water partition coefficient (Wildman–Crippen LogP) is 1.61. The van der Waals surface area contributed by atoms with Crippen LogP contribution in [-0.2, 0) is 28.4 Å². The molecule has 0 saturated heterocycles. The van der Waals surface area contributed by atoms with Crippen LogP contribution in [0.5, 0.6) is 0 Å². The van der Waals surface area contributed by atoms with Crippen molar-refractivity contribution >= 4 is 0 Å². The first-order valence-corrected chi connectivity index (χ1v) is 7.07. The van der Waals surface area contributed by atoms with Crippen LogP contribution in [0.25, 0.3) is 0 Å². The molecular weight excluding hydrogens is 276 g/mol. The Kier molecular flexibility index (Phi) is 5.07. The van der Waals surface area contributed by atoms with Crippen LogP contribution >= 0.6 is 0 Å². The summed E-state index contributed by atoms with van der Waals surface area (Å²) in [6.07, 6.45) is 5.34. The van der Waals surface area contributed by atoms with E-state index in [2.05, 4.69) is 12.2 Å². The molecule has 4 atom stereocenters. The van der Waals surface area contributed by atoms with Crippen molar-refractivity contribution in [1.29, 1.82) is 0 Å². The van der Waals surface area contributed by atoms with E-state index in [1.165, 1.54) is 0 Å². The van der Waals surface area contributed by atoms with Gasteiger partial charge in [0.25, 0.3) is 11.9 Å². The van der Waals surface area contributed by atoms with Gasteiger partial charge in [0.2, 0.25) is 0 Å². The number of rotatable bonds is 8. The van der Waals surface area contributed by atoms with Crippen molar-refractivity contribution in [2.24, 2.45) is 23.7 Å². The molecule has 0 radical (unpaired) electrons. The summed E-state index contributed by atoms with van der Waals surface area (Å²) >= 11 is 0. The summed E-state index contributed by atoms with van der Waals surface area (Å²) in [7, 11) is 9.46. The zero-order chi connectivity index (χ0) is 15.7. The normalized spacial score (nSPS) is 32.1. The number of hydrogen-bond donors (Lipinski definition) is 0. The van der Waals surface area contributed by atoms with Gasteiger partial charge in [0, 0.05) is 42.7 Å². The van der Waals surface area contributed by atoms with E-state index >= 15 is 0 Å². The van der Waals surface area contributed by atoms with Crippen LogP contribution in [0.1, 0.15) is 6.42 Å². The Labute approximate surface area is 126 Å². The molecule has 6 nitrogen and oxygen atoms in total. The lowest BCUT2D eigenvalue weighted by atomic mass is 9.79. The van der Waals surface area contributed by atoms with Crippen LogP contribution in [-0.4, -0.2) is 54.6 Å². The highest BCUT2D eigenvalue weighted by Crippen LogP contribution is 2.57. The molecule has 2 bridgehead atoms. The van der Waals surface area contributed by atoms with E-state index in [9.17, 15) is 0 Å². The number of methoxy groups -OCH3 is 6. The number of allylic oxidation sites excluding steroid dienone is 2. The number of fused-ring (bicyclic) bond motifs is 2. The van der Waals surface area contributed by atoms with Crippen molar-refractivity contribution in [3.05, 3.63) is 12.2 Å². The van der Waals surface area contributed by atoms with Crippen LogP contribution in [0.15, 0.2) is 12.2 Å². The van der Waals surface area contributed by atoms with Crippen LogP contribution in [0, 0.1) is 23.7 Å². The molecule has 2 aliphatic carbocycles. The fourth-order valence-electron chi connectivity index (χ4n) is 4.10. The molecule has 0 aliphatic heterocycles. The van der Waals surface area contributed by atoms with Gasteiger partial charge in [-0.05, 0) is 18.3 Å². The second-order valence-corrected chi connectivity index (χ2v) is 5.43. The molecule has 4 unspecified atom stereocenters. The Morgan fingerprint density at radius 1 is 0.619 bits per heavy atom. The minimum Gasteiger partial charge on any atom is -0.331 e. The highest BCUT2D eigenvalue weighted by molar-refractivity contribution is 5.17. The van der Waals surface area contributed by atoms with Crippen molar-refractivity contribution in [3.8, 4) is 0 Å². The van der Waals surface area contributed by atoms with E-state index in [-0.39, 0.29) is 23.7 Å². The molecule has 6 heteroatoms. The molecule has 122 valence electrons. The monoisotopic (exact) mass is 302 g/mol. The summed E-state index contributed by atoms with van der Waals surface area (Å²) in [6, 6.07) is 0. The summed E-state index contributed by atoms with van der Waals surface area (Å²) in [5.41, 5.74) is 0. The Morgan fingerprint density at radius 3 is 1.14 bits per heavy atom. The van der Waals surface area contributed by atoms with Crippen LogP contribution in [0.2, 0.25) is 0 Å². The molecular formula is C15H26O6. The minimum absolute atomic E-state index is 0.104. The van der Waals surface area contributed by atoms with E-state index in [4.69, 9.17) is 28.4 Å². The van der Waals surface area contributed by atoms with E-state index in [1.54, 1.807) is 42.7 Å². The highest BCUT2D eigenvalue weighted by Gasteiger charge is 2.64. The lowest BCUT2D eigenvalue weighted by Crippen LogP contribution is -2.57. The maximum atomic E-state index is 5.59. The molecule has 2 rings (SSSR count). The average molecular weight is 302 g/mol. The molecule has 0 aromatic rings. The first kappa shape index (κ1) is 16.9. The number of hydrogen-bond acceptors (Lipinski definition) is 6. The third-order valence-electron chi connectivity index (χ3n) is 4.98. The first-order chi connectivity index (χ1) is 10.1. The van der Waals surface area contributed by atoms with Gasteiger partial charge in [-0.15, -0.1) is 0 Å². The van der Waals surface area contributed by atoms with Crippen molar-refractivity contribution in [3.63, 3.8) is 0 Å². The van der Waals surface area contributed by atoms with Gasteiger partial charge < -0.3 is 28.4 Å². The first-order valence-electron chi connectivity index (χ1n) is 7.07. The van der Waals surface area contributed by atoms with Crippen molar-refractivity contribution in [2.75, 3.05) is 42.7 Å². The Balaban J connectivity index is 2.45. The van der Waals surface area contributed by atoms with Gasteiger partial charge in [0.05, 0.1) is 11.8 Å². The summed E-state index contributed by atoms with van der Waals surface area (Å²) in [5, 5.41) is 0. The van der Waals surface area contributed by atoms with Crippen LogP contribution in [0.3, 0.4) is 0 Å². The second kappa shape index (κ2) is 6.32. The van der Waals surface area contributed by atoms with Gasteiger partial charge in [-0.3, -0.25) is 0 Å². The average Bonchev–Trinajstić information content (AvgIpc) is 3.15. The Morgan fingerprint density at radius 2 is 0.905 bits per heavy atom. The molecule has 1 fully saturated rings. The van der Waals surface area contributed by atoms with Crippen molar-refractivity contribution in [1.82, 2.24) is 0 Å². The van der Waals surface area contributed by atoms with Gasteiger partial charge in [-0.1, -0.05) is 12.2 Å². The maximum Gasteiger partial charge on any atom is 0.286 e. The lowest BCUT2D eigenvalue weighted by Gasteiger charge is -2.46. The standard InChI is InChI=1S/C15H26O6/c1-16-14(17-2,18-3)12-10-7-8-11(9-10)13(12)15(19-4,20-5)21-6/h7-8,10-13H,9H2,1-6H3. The zero-order valence-electron chi connectivity index (χ0n) is 13.6. The van der Waals surface area contributed by atoms with E-state index < -0.39 is 11.9 Å². The minimum atomic E-state index is -1.16. The third kappa shape index (κ3) is 2.34. The summed E-state index contributed by atoms with van der Waals surface area (Å²) in [4.78, 5) is 0. The number of ether oxygens (including phenoxy) is 6. The molecule has 0 N–H and O–H groups in total.